The van der Waals surface area contributed by atoms with Crippen LogP contribution >= 0.6 is 0 Å². The van der Waals surface area contributed by atoms with Crippen LogP contribution in [0.2, 0.25) is 0 Å². The highest BCUT2D eigenvalue weighted by molar-refractivity contribution is 5.98. The number of ether oxygens (including phenoxy) is 1. The molecule has 5 heteroatoms. The van der Waals surface area contributed by atoms with E-state index in [4.69, 9.17) is 15.5 Å². The maximum Gasteiger partial charge on any atom is 0.255 e. The van der Waals surface area contributed by atoms with Gasteiger partial charge in [0.25, 0.3) is 5.91 Å². The fraction of sp³-hybridized carbons (Fsp3) is 0.0800. The van der Waals surface area contributed by atoms with Crippen LogP contribution in [0.25, 0.3) is 22.0 Å². The largest absolute Gasteiger partial charge is 0.484 e. The number of rotatable bonds is 6. The van der Waals surface area contributed by atoms with Crippen LogP contribution in [-0.4, -0.2) is 17.5 Å². The third-order valence-corrected chi connectivity index (χ3v) is 4.80. The number of hydrogen-bond donors (Lipinski definition) is 1. The number of carbonyl (C=O) groups excluding carboxylic acids is 1. The van der Waals surface area contributed by atoms with Gasteiger partial charge in [0.15, 0.2) is 6.61 Å². The van der Waals surface area contributed by atoms with Gasteiger partial charge in [-0.25, -0.2) is 0 Å². The van der Waals surface area contributed by atoms with Crippen LogP contribution in [0.3, 0.4) is 0 Å². The third kappa shape index (κ3) is 3.98. The summed E-state index contributed by atoms with van der Waals surface area (Å²) in [4.78, 5) is 15.9. The molecule has 0 unspecified atom stereocenters. The SMILES string of the molecule is N#Cc1c(Cc2ccccc2)nc2ccc(OCC(N)=O)cc2c1-c1ccccc1. The zero-order valence-corrected chi connectivity index (χ0v) is 16.2. The van der Waals surface area contributed by atoms with Crippen molar-refractivity contribution in [1.82, 2.24) is 4.98 Å². The second-order valence-electron chi connectivity index (χ2n) is 6.88. The van der Waals surface area contributed by atoms with Gasteiger partial charge in [-0.3, -0.25) is 9.78 Å². The van der Waals surface area contributed by atoms with E-state index in [1.807, 2.05) is 66.7 Å². The third-order valence-electron chi connectivity index (χ3n) is 4.80. The van der Waals surface area contributed by atoms with Crippen molar-refractivity contribution < 1.29 is 9.53 Å². The molecule has 30 heavy (non-hydrogen) atoms. The fourth-order valence-corrected chi connectivity index (χ4v) is 3.48. The van der Waals surface area contributed by atoms with Crippen LogP contribution in [0.5, 0.6) is 5.75 Å². The van der Waals surface area contributed by atoms with Crippen LogP contribution in [-0.2, 0) is 11.2 Å². The van der Waals surface area contributed by atoms with Crippen LogP contribution in [0.1, 0.15) is 16.8 Å². The van der Waals surface area contributed by atoms with Crippen molar-refractivity contribution in [2.75, 3.05) is 6.61 Å². The van der Waals surface area contributed by atoms with Crippen molar-refractivity contribution in [3.05, 3.63) is 95.7 Å². The summed E-state index contributed by atoms with van der Waals surface area (Å²) in [5.74, 6) is -0.0487. The summed E-state index contributed by atoms with van der Waals surface area (Å²) in [5.41, 5.74) is 10.0. The molecule has 0 aliphatic rings. The molecule has 0 atom stereocenters. The molecule has 1 heterocycles. The molecular formula is C25H19N3O2. The lowest BCUT2D eigenvalue weighted by Gasteiger charge is -2.15. The number of nitriles is 1. The molecule has 3 aromatic carbocycles. The van der Waals surface area contributed by atoms with E-state index in [9.17, 15) is 10.1 Å². The van der Waals surface area contributed by atoms with E-state index < -0.39 is 5.91 Å². The average molecular weight is 393 g/mol. The lowest BCUT2D eigenvalue weighted by Crippen LogP contribution is -2.20. The minimum atomic E-state index is -0.549. The first-order chi connectivity index (χ1) is 14.7. The van der Waals surface area contributed by atoms with Crippen LogP contribution in [0, 0.1) is 11.3 Å². The Labute approximate surface area is 174 Å². The number of hydrogen-bond acceptors (Lipinski definition) is 4. The monoisotopic (exact) mass is 393 g/mol. The minimum Gasteiger partial charge on any atom is -0.484 e. The molecule has 0 aliphatic carbocycles. The molecule has 4 aromatic rings. The number of amides is 1. The van der Waals surface area contributed by atoms with E-state index in [1.54, 1.807) is 12.1 Å². The average Bonchev–Trinajstić information content (AvgIpc) is 2.78. The standard InChI is InChI=1S/C25H19N3O2/c26-15-21-23(13-17-7-3-1-4-8-17)28-22-12-11-19(30-16-24(27)29)14-20(22)25(21)18-9-5-2-6-10-18/h1-12,14H,13,16H2,(H2,27,29). The number of nitrogens with two attached hydrogens (primary N) is 1. The Balaban J connectivity index is 1.93. The molecule has 0 spiro atoms. The highest BCUT2D eigenvalue weighted by Gasteiger charge is 2.17. The van der Waals surface area contributed by atoms with Crippen LogP contribution < -0.4 is 10.5 Å². The normalized spacial score (nSPS) is 10.5. The number of nitrogens with zero attached hydrogens (tertiary/aromatic N) is 2. The van der Waals surface area contributed by atoms with Gasteiger partial charge >= 0.3 is 0 Å². The van der Waals surface area contributed by atoms with Crippen molar-refractivity contribution in [1.29, 1.82) is 5.26 Å². The molecule has 2 N–H and O–H groups in total. The van der Waals surface area contributed by atoms with E-state index in [2.05, 4.69) is 6.07 Å². The summed E-state index contributed by atoms with van der Waals surface area (Å²) < 4.78 is 5.48. The van der Waals surface area contributed by atoms with E-state index in [-0.39, 0.29) is 6.61 Å². The Morgan fingerprint density at radius 1 is 1.00 bits per heavy atom. The Kier molecular flexibility index (Phi) is 5.40. The minimum absolute atomic E-state index is 0.212. The molecule has 0 fully saturated rings. The molecule has 4 rings (SSSR count). The summed E-state index contributed by atoms with van der Waals surface area (Å²) >= 11 is 0. The smallest absolute Gasteiger partial charge is 0.255 e. The summed E-state index contributed by atoms with van der Waals surface area (Å²) in [6.07, 6.45) is 0.555. The maximum atomic E-state index is 11.1. The van der Waals surface area contributed by atoms with Gasteiger partial charge in [-0.05, 0) is 29.3 Å². The maximum absolute atomic E-state index is 11.1. The van der Waals surface area contributed by atoms with Crippen LogP contribution in [0.4, 0.5) is 0 Å². The van der Waals surface area contributed by atoms with Crippen molar-refractivity contribution in [2.45, 2.75) is 6.42 Å². The predicted molar refractivity (Wildman–Crippen MR) is 116 cm³/mol. The van der Waals surface area contributed by atoms with Crippen LogP contribution in [0.15, 0.2) is 78.9 Å². The highest BCUT2D eigenvalue weighted by atomic mass is 16.5. The summed E-state index contributed by atoms with van der Waals surface area (Å²) in [6.45, 7) is -0.212. The van der Waals surface area contributed by atoms with Gasteiger partial charge in [-0.2, -0.15) is 5.26 Å². The fourth-order valence-electron chi connectivity index (χ4n) is 3.48. The lowest BCUT2D eigenvalue weighted by molar-refractivity contribution is -0.119. The molecular weight excluding hydrogens is 374 g/mol. The van der Waals surface area contributed by atoms with E-state index in [0.717, 1.165) is 33.3 Å². The second-order valence-corrected chi connectivity index (χ2v) is 6.88. The van der Waals surface area contributed by atoms with Gasteiger partial charge in [0.1, 0.15) is 11.8 Å². The quantitative estimate of drug-likeness (QED) is 0.531. The molecule has 5 nitrogen and oxygen atoms in total. The first kappa shape index (κ1) is 19.2. The lowest BCUT2D eigenvalue weighted by atomic mass is 9.92. The molecule has 0 bridgehead atoms. The first-order valence-electron chi connectivity index (χ1n) is 9.53. The van der Waals surface area contributed by atoms with E-state index >= 15 is 0 Å². The molecule has 1 aromatic heterocycles. The zero-order chi connectivity index (χ0) is 20.9. The molecule has 1 amide bonds. The van der Waals surface area contributed by atoms with Gasteiger partial charge in [-0.1, -0.05) is 60.7 Å². The zero-order valence-electron chi connectivity index (χ0n) is 16.2. The van der Waals surface area contributed by atoms with Gasteiger partial charge in [0, 0.05) is 17.4 Å². The molecule has 146 valence electrons. The number of fused-ring (bicyclic) bond motifs is 1. The Morgan fingerprint density at radius 3 is 2.37 bits per heavy atom. The number of carbonyl (C=O) groups is 1. The predicted octanol–water partition coefficient (Wildman–Crippen LogP) is 4.23. The molecule has 0 saturated heterocycles. The van der Waals surface area contributed by atoms with Crippen molar-refractivity contribution in [3.8, 4) is 22.9 Å². The van der Waals surface area contributed by atoms with E-state index in [0.29, 0.717) is 17.7 Å². The summed E-state index contributed by atoms with van der Waals surface area (Å²) in [5, 5.41) is 10.8. The van der Waals surface area contributed by atoms with Crippen molar-refractivity contribution in [2.24, 2.45) is 5.73 Å². The van der Waals surface area contributed by atoms with Gasteiger partial charge in [-0.15, -0.1) is 0 Å². The first-order valence-corrected chi connectivity index (χ1v) is 9.53. The Hall–Kier alpha value is -4.17. The molecule has 0 saturated carbocycles. The van der Waals surface area contributed by atoms with Crippen molar-refractivity contribution >= 4 is 16.8 Å². The Bertz CT molecular complexity index is 1250. The number of pyridine rings is 1. The number of aromatic nitrogens is 1. The van der Waals surface area contributed by atoms with Gasteiger partial charge in [0.2, 0.25) is 0 Å². The highest BCUT2D eigenvalue weighted by Crippen LogP contribution is 2.35. The van der Waals surface area contributed by atoms with Gasteiger partial charge in [0.05, 0.1) is 16.8 Å². The molecule has 0 aliphatic heterocycles. The number of benzene rings is 3. The number of primary amides is 1. The summed E-state index contributed by atoms with van der Waals surface area (Å²) in [7, 11) is 0. The summed E-state index contributed by atoms with van der Waals surface area (Å²) in [6, 6.07) is 27.5. The van der Waals surface area contributed by atoms with Crippen molar-refractivity contribution in [3.63, 3.8) is 0 Å². The second kappa shape index (κ2) is 8.46. The topological polar surface area (TPSA) is 89.0 Å². The molecule has 0 radical (unpaired) electrons. The van der Waals surface area contributed by atoms with E-state index in [1.165, 1.54) is 0 Å². The Morgan fingerprint density at radius 2 is 1.70 bits per heavy atom. The van der Waals surface area contributed by atoms with Gasteiger partial charge < -0.3 is 10.5 Å².